The van der Waals surface area contributed by atoms with Crippen molar-refractivity contribution in [1.29, 1.82) is 0 Å². The number of allylic oxidation sites excluding steroid dienone is 4. The maximum absolute atomic E-state index is 14.2. The first-order chi connectivity index (χ1) is 17.6. The summed E-state index contributed by atoms with van der Waals surface area (Å²) in [6.07, 6.45) is 5.91. The van der Waals surface area contributed by atoms with Crippen molar-refractivity contribution in [2.75, 3.05) is 0 Å². The molecule has 4 rings (SSSR count). The normalized spacial score (nSPS) is 43.1. The smallest absolute Gasteiger partial charge is 0.331 e. The average Bonchev–Trinajstić information content (AvgIpc) is 3.09. The van der Waals surface area contributed by atoms with E-state index in [1.807, 2.05) is 39.8 Å². The summed E-state index contributed by atoms with van der Waals surface area (Å²) in [6.45, 7) is 13.0. The molecule has 4 aliphatic rings. The molecule has 0 unspecified atom stereocenters. The zero-order chi connectivity index (χ0) is 28.4. The first-order valence-corrected chi connectivity index (χ1v) is 13.8. The number of carbonyl (C=O) groups is 4. The second-order valence-electron chi connectivity index (χ2n) is 12.9. The Balaban J connectivity index is 1.89. The summed E-state index contributed by atoms with van der Waals surface area (Å²) in [5.41, 5.74) is -0.352. The van der Waals surface area contributed by atoms with Gasteiger partial charge in [0.05, 0.1) is 0 Å². The number of fused-ring (bicyclic) bond motifs is 5. The van der Waals surface area contributed by atoms with E-state index in [9.17, 15) is 29.4 Å². The summed E-state index contributed by atoms with van der Waals surface area (Å²) in [7, 11) is 0. The Labute approximate surface area is 225 Å². The molecule has 0 aromatic heterocycles. The van der Waals surface area contributed by atoms with Gasteiger partial charge in [0.25, 0.3) is 0 Å². The lowest BCUT2D eigenvalue weighted by Crippen LogP contribution is -2.69. The minimum absolute atomic E-state index is 0.0775. The average molecular weight is 527 g/mol. The van der Waals surface area contributed by atoms with Gasteiger partial charge in [0.15, 0.2) is 11.6 Å². The van der Waals surface area contributed by atoms with E-state index in [2.05, 4.69) is 6.92 Å². The van der Waals surface area contributed by atoms with Gasteiger partial charge in [0, 0.05) is 29.7 Å². The number of hydrogen-bond acceptors (Lipinski definition) is 6. The SMILES string of the molecule is CC(=O)O[C@H]1C[C@@]2(C)[C@@H](CC[C@H]3[C@@]4(C)C=CC(=O)[C@@H](C)[C@@H]4[C@H](O)C(=O)[C@@]32C)C1=C(CCC=C(C)C)C(=O)O. The fraction of sp³-hybridized carbons (Fsp3) is 0.677. The Hall–Kier alpha value is -2.54. The molecule has 38 heavy (non-hydrogen) atoms. The van der Waals surface area contributed by atoms with Crippen molar-refractivity contribution in [1.82, 2.24) is 0 Å². The lowest BCUT2D eigenvalue weighted by molar-refractivity contribution is -0.199. The van der Waals surface area contributed by atoms with E-state index < -0.39 is 52.2 Å². The van der Waals surface area contributed by atoms with Crippen LogP contribution in [0.1, 0.15) is 80.6 Å². The van der Waals surface area contributed by atoms with Crippen LogP contribution in [0.15, 0.2) is 34.9 Å². The van der Waals surface area contributed by atoms with Crippen LogP contribution in [-0.4, -0.2) is 45.9 Å². The Morgan fingerprint density at radius 2 is 1.79 bits per heavy atom. The second kappa shape index (κ2) is 9.58. The van der Waals surface area contributed by atoms with Gasteiger partial charge in [-0.05, 0) is 80.3 Å². The van der Waals surface area contributed by atoms with Crippen molar-refractivity contribution >= 4 is 23.5 Å². The Morgan fingerprint density at radius 1 is 1.13 bits per heavy atom. The van der Waals surface area contributed by atoms with Gasteiger partial charge in [-0.25, -0.2) is 4.79 Å². The summed E-state index contributed by atoms with van der Waals surface area (Å²) in [4.78, 5) is 51.6. The van der Waals surface area contributed by atoms with Crippen molar-refractivity contribution < 1.29 is 34.1 Å². The predicted octanol–water partition coefficient (Wildman–Crippen LogP) is 4.83. The van der Waals surface area contributed by atoms with E-state index in [0.717, 1.165) is 5.57 Å². The highest BCUT2D eigenvalue weighted by Crippen LogP contribution is 2.72. The van der Waals surface area contributed by atoms with Gasteiger partial charge in [0.2, 0.25) is 0 Å². The van der Waals surface area contributed by atoms with Crippen LogP contribution in [-0.2, 0) is 23.9 Å². The fourth-order valence-corrected chi connectivity index (χ4v) is 8.92. The van der Waals surface area contributed by atoms with Crippen molar-refractivity contribution in [3.8, 4) is 0 Å². The fourth-order valence-electron chi connectivity index (χ4n) is 8.92. The third-order valence-electron chi connectivity index (χ3n) is 10.8. The molecule has 0 amide bonds. The number of hydrogen-bond donors (Lipinski definition) is 2. The molecule has 0 radical (unpaired) electrons. The molecule has 7 nitrogen and oxygen atoms in total. The topological polar surface area (TPSA) is 118 Å². The maximum Gasteiger partial charge on any atom is 0.331 e. The molecule has 0 aliphatic heterocycles. The molecule has 0 aromatic rings. The molecular formula is C31H42O7. The van der Waals surface area contributed by atoms with Crippen molar-refractivity contribution in [2.45, 2.75) is 92.8 Å². The number of aliphatic hydroxyl groups is 1. The first kappa shape index (κ1) is 28.5. The monoisotopic (exact) mass is 526 g/mol. The lowest BCUT2D eigenvalue weighted by atomic mass is 9.37. The molecule has 3 fully saturated rings. The van der Waals surface area contributed by atoms with E-state index in [0.29, 0.717) is 37.7 Å². The number of Topliss-reactive ketones (excluding diaryl/α,β-unsaturated/α-hetero) is 1. The van der Waals surface area contributed by atoms with Gasteiger partial charge in [-0.1, -0.05) is 45.4 Å². The summed E-state index contributed by atoms with van der Waals surface area (Å²) in [5, 5.41) is 21.8. The maximum atomic E-state index is 14.2. The third-order valence-corrected chi connectivity index (χ3v) is 10.8. The highest BCUT2D eigenvalue weighted by Gasteiger charge is 2.73. The van der Waals surface area contributed by atoms with Gasteiger partial charge in [-0.3, -0.25) is 14.4 Å². The minimum atomic E-state index is -1.31. The summed E-state index contributed by atoms with van der Waals surface area (Å²) >= 11 is 0. The Bertz CT molecular complexity index is 1160. The molecular weight excluding hydrogens is 484 g/mol. The number of esters is 1. The van der Waals surface area contributed by atoms with Crippen LogP contribution in [0.25, 0.3) is 0 Å². The first-order valence-electron chi connectivity index (χ1n) is 13.8. The van der Waals surface area contributed by atoms with Crippen LogP contribution in [0.3, 0.4) is 0 Å². The molecule has 0 spiro atoms. The molecule has 0 saturated heterocycles. The Morgan fingerprint density at radius 3 is 2.37 bits per heavy atom. The minimum Gasteiger partial charge on any atom is -0.478 e. The van der Waals surface area contributed by atoms with E-state index in [-0.39, 0.29) is 29.0 Å². The van der Waals surface area contributed by atoms with Gasteiger partial charge in [0.1, 0.15) is 12.2 Å². The number of rotatable bonds is 5. The Kier molecular flexibility index (Phi) is 7.18. The number of ketones is 2. The molecule has 3 saturated carbocycles. The molecule has 0 heterocycles. The molecule has 0 aromatic carbocycles. The van der Waals surface area contributed by atoms with Crippen LogP contribution in [0, 0.1) is 39.9 Å². The molecule has 9 atom stereocenters. The highest BCUT2D eigenvalue weighted by molar-refractivity contribution is 5.97. The van der Waals surface area contributed by atoms with Gasteiger partial charge in [-0.15, -0.1) is 0 Å². The van der Waals surface area contributed by atoms with Crippen molar-refractivity contribution in [3.63, 3.8) is 0 Å². The van der Waals surface area contributed by atoms with Crippen molar-refractivity contribution in [3.05, 3.63) is 34.9 Å². The number of aliphatic carboxylic acids is 1. The standard InChI is InChI=1S/C31H42O7/c1-16(2)9-8-10-19(28(36)37)24-20-11-12-23-29(5)14-13-21(33)17(3)25(29)26(34)27(35)31(23,7)30(20,6)15-22(24)38-18(4)32/h9,13-14,17,20,22-23,25-26,34H,8,10-12,15H2,1-7H3,(H,36,37)/t17-,20+,22+,23+,25-,26+,29-,30+,31-/m1/s1. The molecule has 7 heteroatoms. The quantitative estimate of drug-likeness (QED) is 0.299. The second-order valence-corrected chi connectivity index (χ2v) is 12.9. The number of ether oxygens (including phenoxy) is 1. The van der Waals surface area contributed by atoms with Crippen LogP contribution >= 0.6 is 0 Å². The van der Waals surface area contributed by atoms with Crippen LogP contribution < -0.4 is 0 Å². The van der Waals surface area contributed by atoms with E-state index >= 15 is 0 Å². The molecule has 4 aliphatic carbocycles. The highest BCUT2D eigenvalue weighted by atomic mass is 16.5. The number of carbonyl (C=O) groups excluding carboxylic acids is 3. The van der Waals surface area contributed by atoms with Crippen LogP contribution in [0.5, 0.6) is 0 Å². The predicted molar refractivity (Wildman–Crippen MR) is 142 cm³/mol. The lowest BCUT2D eigenvalue weighted by Gasteiger charge is -2.65. The van der Waals surface area contributed by atoms with E-state index in [4.69, 9.17) is 4.74 Å². The molecule has 208 valence electrons. The van der Waals surface area contributed by atoms with Gasteiger partial charge in [-0.2, -0.15) is 0 Å². The van der Waals surface area contributed by atoms with Crippen LogP contribution in [0.2, 0.25) is 0 Å². The zero-order valence-electron chi connectivity index (χ0n) is 23.7. The molecule has 2 N–H and O–H groups in total. The van der Waals surface area contributed by atoms with E-state index in [1.165, 1.54) is 6.92 Å². The van der Waals surface area contributed by atoms with E-state index in [1.54, 1.807) is 13.0 Å². The summed E-state index contributed by atoms with van der Waals surface area (Å²) in [5.74, 6) is -3.29. The number of carboxylic acids is 1. The number of carboxylic acid groups (broad SMARTS) is 1. The van der Waals surface area contributed by atoms with Gasteiger partial charge >= 0.3 is 11.9 Å². The summed E-state index contributed by atoms with van der Waals surface area (Å²) in [6, 6.07) is 0. The zero-order valence-corrected chi connectivity index (χ0v) is 23.7. The largest absolute Gasteiger partial charge is 0.478 e. The summed E-state index contributed by atoms with van der Waals surface area (Å²) < 4.78 is 5.78. The third kappa shape index (κ3) is 3.95. The van der Waals surface area contributed by atoms with Gasteiger partial charge < -0.3 is 14.9 Å². The van der Waals surface area contributed by atoms with Crippen molar-refractivity contribution in [2.24, 2.45) is 39.9 Å². The number of aliphatic hydroxyl groups excluding tert-OH is 1. The molecule has 0 bridgehead atoms. The van der Waals surface area contributed by atoms with Crippen LogP contribution in [0.4, 0.5) is 0 Å².